The predicted octanol–water partition coefficient (Wildman–Crippen LogP) is 0.942. The first-order valence-electron chi connectivity index (χ1n) is 4.96. The average molecular weight is 234 g/mol. The molecule has 1 aromatic heterocycles. The summed E-state index contributed by atoms with van der Waals surface area (Å²) in [5, 5.41) is 22.8. The van der Waals surface area contributed by atoms with Crippen LogP contribution in [0, 0.1) is 10.1 Å². The molecule has 7 nitrogen and oxygen atoms in total. The molecule has 7 heteroatoms. The van der Waals surface area contributed by atoms with Crippen LogP contribution in [0.5, 0.6) is 0 Å². The third-order valence-electron chi connectivity index (χ3n) is 2.23. The molecule has 1 aromatic carbocycles. The van der Waals surface area contributed by atoms with E-state index in [4.69, 9.17) is 5.11 Å². The molecule has 0 aliphatic heterocycles. The zero-order valence-corrected chi connectivity index (χ0v) is 8.83. The monoisotopic (exact) mass is 234 g/mol. The summed E-state index contributed by atoms with van der Waals surface area (Å²) in [6.07, 6.45) is 1.37. The summed E-state index contributed by atoms with van der Waals surface area (Å²) in [6, 6.07) is 4.37. The molecule has 2 N–H and O–H groups in total. The molecule has 0 aliphatic carbocycles. The summed E-state index contributed by atoms with van der Waals surface area (Å²) >= 11 is 0. The van der Waals surface area contributed by atoms with Gasteiger partial charge in [0, 0.05) is 24.1 Å². The third-order valence-corrected chi connectivity index (χ3v) is 2.23. The van der Waals surface area contributed by atoms with Crippen molar-refractivity contribution >= 4 is 22.4 Å². The Hall–Kier alpha value is -2.28. The Labute approximate surface area is 96.3 Å². The molecule has 0 saturated carbocycles. The Balaban J connectivity index is 2.51. The third kappa shape index (κ3) is 2.28. The standard InChI is InChI=1S/C10H10N4O3/c15-4-3-11-10-8-5-7(14(16)17)1-2-9(8)12-6-13-10/h1-2,5-6,15H,3-4H2,(H,11,12,13). The summed E-state index contributed by atoms with van der Waals surface area (Å²) in [6.45, 7) is 0.287. The second-order valence-electron chi connectivity index (χ2n) is 3.33. The quantitative estimate of drug-likeness (QED) is 0.603. The van der Waals surface area contributed by atoms with Crippen LogP contribution in [0.25, 0.3) is 10.9 Å². The van der Waals surface area contributed by atoms with Crippen LogP contribution in [0.4, 0.5) is 11.5 Å². The van der Waals surface area contributed by atoms with Crippen LogP contribution in [-0.2, 0) is 0 Å². The van der Waals surface area contributed by atoms with Gasteiger partial charge in [-0.05, 0) is 6.07 Å². The Morgan fingerprint density at radius 3 is 2.94 bits per heavy atom. The van der Waals surface area contributed by atoms with Gasteiger partial charge in [-0.1, -0.05) is 0 Å². The number of aromatic nitrogens is 2. The van der Waals surface area contributed by atoms with Gasteiger partial charge >= 0.3 is 0 Å². The van der Waals surface area contributed by atoms with Crippen LogP contribution in [0.3, 0.4) is 0 Å². The van der Waals surface area contributed by atoms with Gasteiger partial charge in [0.05, 0.1) is 17.0 Å². The number of nitrogens with one attached hydrogen (secondary N) is 1. The zero-order chi connectivity index (χ0) is 12.3. The van der Waals surface area contributed by atoms with E-state index in [0.29, 0.717) is 23.3 Å². The Kier molecular flexibility index (Phi) is 3.10. The molecule has 1 heterocycles. The molecular formula is C10H10N4O3. The lowest BCUT2D eigenvalue weighted by molar-refractivity contribution is -0.384. The zero-order valence-electron chi connectivity index (χ0n) is 8.83. The van der Waals surface area contributed by atoms with E-state index in [9.17, 15) is 10.1 Å². The van der Waals surface area contributed by atoms with Gasteiger partial charge in [0.2, 0.25) is 0 Å². The van der Waals surface area contributed by atoms with E-state index in [1.54, 1.807) is 6.07 Å². The lowest BCUT2D eigenvalue weighted by atomic mass is 10.2. The minimum absolute atomic E-state index is 0.0145. The van der Waals surface area contributed by atoms with E-state index in [2.05, 4.69) is 15.3 Å². The minimum atomic E-state index is -0.470. The Morgan fingerprint density at radius 1 is 1.41 bits per heavy atom. The molecule has 0 unspecified atom stereocenters. The van der Waals surface area contributed by atoms with Crippen LogP contribution in [0.15, 0.2) is 24.5 Å². The summed E-state index contributed by atoms with van der Waals surface area (Å²) in [5.41, 5.74) is 0.602. The van der Waals surface area contributed by atoms with Crippen molar-refractivity contribution in [3.63, 3.8) is 0 Å². The molecule has 0 amide bonds. The fourth-order valence-corrected chi connectivity index (χ4v) is 1.47. The maximum Gasteiger partial charge on any atom is 0.270 e. The highest BCUT2D eigenvalue weighted by Gasteiger charge is 2.10. The molecule has 0 fully saturated rings. The smallest absolute Gasteiger partial charge is 0.270 e. The van der Waals surface area contributed by atoms with Gasteiger partial charge in [0.15, 0.2) is 0 Å². The highest BCUT2D eigenvalue weighted by molar-refractivity contribution is 5.90. The maximum atomic E-state index is 10.7. The lowest BCUT2D eigenvalue weighted by Gasteiger charge is -2.06. The number of aliphatic hydroxyl groups excluding tert-OH is 1. The topological polar surface area (TPSA) is 101 Å². The average Bonchev–Trinajstić information content (AvgIpc) is 2.35. The molecule has 0 radical (unpaired) electrons. The van der Waals surface area contributed by atoms with Gasteiger partial charge in [-0.15, -0.1) is 0 Å². The number of nitrogens with zero attached hydrogens (tertiary/aromatic N) is 3. The summed E-state index contributed by atoms with van der Waals surface area (Å²) in [7, 11) is 0. The van der Waals surface area contributed by atoms with Crippen molar-refractivity contribution in [2.75, 3.05) is 18.5 Å². The first kappa shape index (κ1) is 11.2. The molecule has 0 bridgehead atoms. The molecule has 2 aromatic rings. The van der Waals surface area contributed by atoms with Gasteiger partial charge in [0.1, 0.15) is 12.1 Å². The number of nitro benzene ring substituents is 1. The number of non-ortho nitro benzene ring substituents is 1. The number of rotatable bonds is 4. The van der Waals surface area contributed by atoms with Gasteiger partial charge in [-0.25, -0.2) is 9.97 Å². The van der Waals surface area contributed by atoms with Crippen molar-refractivity contribution in [3.05, 3.63) is 34.6 Å². The van der Waals surface area contributed by atoms with Crippen molar-refractivity contribution in [1.29, 1.82) is 0 Å². The van der Waals surface area contributed by atoms with E-state index >= 15 is 0 Å². The van der Waals surface area contributed by atoms with E-state index in [1.807, 2.05) is 0 Å². The second-order valence-corrected chi connectivity index (χ2v) is 3.33. The number of hydrogen-bond acceptors (Lipinski definition) is 6. The normalized spacial score (nSPS) is 10.4. The van der Waals surface area contributed by atoms with E-state index in [-0.39, 0.29) is 12.3 Å². The lowest BCUT2D eigenvalue weighted by Crippen LogP contribution is -2.07. The van der Waals surface area contributed by atoms with E-state index < -0.39 is 4.92 Å². The van der Waals surface area contributed by atoms with Crippen LogP contribution in [0.2, 0.25) is 0 Å². The molecular weight excluding hydrogens is 224 g/mol. The summed E-state index contributed by atoms with van der Waals surface area (Å²) in [5.74, 6) is 0.479. The Morgan fingerprint density at radius 2 is 2.24 bits per heavy atom. The van der Waals surface area contributed by atoms with Gasteiger partial charge < -0.3 is 10.4 Å². The SMILES string of the molecule is O=[N+]([O-])c1ccc2ncnc(NCCO)c2c1. The number of anilines is 1. The molecule has 0 spiro atoms. The van der Waals surface area contributed by atoms with E-state index in [0.717, 1.165) is 0 Å². The fourth-order valence-electron chi connectivity index (χ4n) is 1.47. The maximum absolute atomic E-state index is 10.7. The van der Waals surface area contributed by atoms with Crippen molar-refractivity contribution in [2.45, 2.75) is 0 Å². The number of aliphatic hydroxyl groups is 1. The molecule has 88 valence electrons. The van der Waals surface area contributed by atoms with Gasteiger partial charge in [-0.3, -0.25) is 10.1 Å². The first-order chi connectivity index (χ1) is 8.22. The minimum Gasteiger partial charge on any atom is -0.395 e. The highest BCUT2D eigenvalue weighted by atomic mass is 16.6. The van der Waals surface area contributed by atoms with Crippen LogP contribution < -0.4 is 5.32 Å². The number of hydrogen-bond donors (Lipinski definition) is 2. The molecule has 0 aliphatic rings. The Bertz CT molecular complexity index is 558. The van der Waals surface area contributed by atoms with Crippen LogP contribution >= 0.6 is 0 Å². The van der Waals surface area contributed by atoms with Crippen molar-refractivity contribution in [2.24, 2.45) is 0 Å². The molecule has 0 atom stereocenters. The summed E-state index contributed by atoms with van der Waals surface area (Å²) in [4.78, 5) is 18.2. The van der Waals surface area contributed by atoms with Crippen molar-refractivity contribution in [1.82, 2.24) is 9.97 Å². The second kappa shape index (κ2) is 4.71. The fraction of sp³-hybridized carbons (Fsp3) is 0.200. The summed E-state index contributed by atoms with van der Waals surface area (Å²) < 4.78 is 0. The molecule has 2 rings (SSSR count). The van der Waals surface area contributed by atoms with Crippen LogP contribution in [-0.4, -0.2) is 33.1 Å². The number of fused-ring (bicyclic) bond motifs is 1. The van der Waals surface area contributed by atoms with Crippen molar-refractivity contribution in [3.8, 4) is 0 Å². The highest BCUT2D eigenvalue weighted by Crippen LogP contribution is 2.23. The van der Waals surface area contributed by atoms with Crippen LogP contribution in [0.1, 0.15) is 0 Å². The largest absolute Gasteiger partial charge is 0.395 e. The van der Waals surface area contributed by atoms with Gasteiger partial charge in [0.25, 0.3) is 5.69 Å². The van der Waals surface area contributed by atoms with Gasteiger partial charge in [-0.2, -0.15) is 0 Å². The first-order valence-corrected chi connectivity index (χ1v) is 4.96. The van der Waals surface area contributed by atoms with E-state index in [1.165, 1.54) is 18.5 Å². The molecule has 0 saturated heterocycles. The number of benzene rings is 1. The predicted molar refractivity (Wildman–Crippen MR) is 61.8 cm³/mol. The van der Waals surface area contributed by atoms with Crippen molar-refractivity contribution < 1.29 is 10.0 Å². The number of nitro groups is 1. The molecule has 17 heavy (non-hydrogen) atoms.